The molecule has 1 N–H and O–H groups in total. The zero-order valence-electron chi connectivity index (χ0n) is 17.3. The van der Waals surface area contributed by atoms with Crippen molar-refractivity contribution in [1.82, 2.24) is 0 Å². The Balaban J connectivity index is 1.60. The van der Waals surface area contributed by atoms with Gasteiger partial charge in [-0.15, -0.1) is 0 Å². The molecule has 0 aromatic heterocycles. The first kappa shape index (κ1) is 19.7. The number of fused-ring (bicyclic) bond motifs is 1. The van der Waals surface area contributed by atoms with Crippen molar-refractivity contribution in [3.63, 3.8) is 0 Å². The highest BCUT2D eigenvalue weighted by Gasteiger charge is 2.40. The summed E-state index contributed by atoms with van der Waals surface area (Å²) in [5.41, 5.74) is 5.12. The Hall–Kier alpha value is -3.60. The van der Waals surface area contributed by atoms with Crippen molar-refractivity contribution in [3.8, 4) is 5.75 Å². The van der Waals surface area contributed by atoms with E-state index >= 15 is 0 Å². The van der Waals surface area contributed by atoms with E-state index in [1.165, 1.54) is 0 Å². The first-order chi connectivity index (χ1) is 14.5. The molecule has 1 amide bonds. The maximum absolute atomic E-state index is 12.3. The zero-order valence-corrected chi connectivity index (χ0v) is 17.3. The molecule has 0 bridgehead atoms. The van der Waals surface area contributed by atoms with Gasteiger partial charge in [0.25, 0.3) is 0 Å². The molecule has 30 heavy (non-hydrogen) atoms. The minimum Gasteiger partial charge on any atom is -0.496 e. The van der Waals surface area contributed by atoms with Crippen molar-refractivity contribution in [2.45, 2.75) is 25.9 Å². The summed E-state index contributed by atoms with van der Waals surface area (Å²) < 4.78 is 11.0. The Morgan fingerprint density at radius 2 is 1.73 bits per heavy atom. The van der Waals surface area contributed by atoms with E-state index in [2.05, 4.69) is 18.3 Å². The molecule has 5 nitrogen and oxygen atoms in total. The molecule has 0 aliphatic carbocycles. The third-order valence-corrected chi connectivity index (χ3v) is 5.65. The number of ether oxygens (including phenoxy) is 2. The van der Waals surface area contributed by atoms with Crippen molar-refractivity contribution in [1.29, 1.82) is 0 Å². The number of nitrogens with one attached hydrogen (secondary N) is 1. The number of amides is 1. The fraction of sp³-hybridized carbons (Fsp3) is 0.200. The zero-order chi connectivity index (χ0) is 21.1. The van der Waals surface area contributed by atoms with Gasteiger partial charge in [-0.2, -0.15) is 0 Å². The number of methoxy groups -OCH3 is 1. The van der Waals surface area contributed by atoms with Gasteiger partial charge in [0.15, 0.2) is 0 Å². The van der Waals surface area contributed by atoms with Crippen molar-refractivity contribution in [2.75, 3.05) is 12.4 Å². The standard InChI is InChI=1S/C25H24N2O3/c1-17-25(2,20-11-7-8-12-22(20)26-17)21-15-19(13-14-23(21)29-3)27-24(28)30-16-18-9-5-4-6-10-18/h4-15H,16H2,1-3H3,(H,27,28)/t25-/m0/s1. The van der Waals surface area contributed by atoms with Gasteiger partial charge in [-0.1, -0.05) is 48.5 Å². The number of aliphatic imine (C=N–C) groups is 1. The van der Waals surface area contributed by atoms with Gasteiger partial charge >= 0.3 is 6.09 Å². The lowest BCUT2D eigenvalue weighted by atomic mass is 9.73. The predicted molar refractivity (Wildman–Crippen MR) is 119 cm³/mol. The van der Waals surface area contributed by atoms with Gasteiger partial charge in [-0.05, 0) is 49.2 Å². The van der Waals surface area contributed by atoms with E-state index in [0.29, 0.717) is 5.69 Å². The van der Waals surface area contributed by atoms with Crippen LogP contribution in [0.1, 0.15) is 30.5 Å². The quantitative estimate of drug-likeness (QED) is 0.584. The molecule has 3 aromatic rings. The molecular formula is C25H24N2O3. The molecular weight excluding hydrogens is 376 g/mol. The second-order valence-corrected chi connectivity index (χ2v) is 7.44. The summed E-state index contributed by atoms with van der Waals surface area (Å²) in [5.74, 6) is 0.743. The summed E-state index contributed by atoms with van der Waals surface area (Å²) in [5, 5.41) is 2.83. The summed E-state index contributed by atoms with van der Waals surface area (Å²) in [4.78, 5) is 17.1. The lowest BCUT2D eigenvalue weighted by Gasteiger charge is -2.29. The number of anilines is 1. The smallest absolute Gasteiger partial charge is 0.411 e. The molecule has 1 aliphatic heterocycles. The van der Waals surface area contributed by atoms with Gasteiger partial charge in [-0.3, -0.25) is 10.3 Å². The molecule has 0 saturated heterocycles. The highest BCUT2D eigenvalue weighted by atomic mass is 16.5. The fourth-order valence-corrected chi connectivity index (χ4v) is 3.87. The normalized spacial score (nSPS) is 17.1. The van der Waals surface area contributed by atoms with Crippen LogP contribution >= 0.6 is 0 Å². The van der Waals surface area contributed by atoms with E-state index in [0.717, 1.165) is 33.8 Å². The van der Waals surface area contributed by atoms with Crippen LogP contribution in [0, 0.1) is 0 Å². The molecule has 0 radical (unpaired) electrons. The number of carbonyl (C=O) groups is 1. The summed E-state index contributed by atoms with van der Waals surface area (Å²) in [6.45, 7) is 4.37. The monoisotopic (exact) mass is 400 g/mol. The van der Waals surface area contributed by atoms with Crippen LogP contribution in [0.3, 0.4) is 0 Å². The van der Waals surface area contributed by atoms with Crippen LogP contribution in [0.4, 0.5) is 16.2 Å². The third-order valence-electron chi connectivity index (χ3n) is 5.65. The number of hydrogen-bond acceptors (Lipinski definition) is 4. The first-order valence-corrected chi connectivity index (χ1v) is 9.84. The van der Waals surface area contributed by atoms with Crippen LogP contribution in [0.5, 0.6) is 5.75 Å². The minimum atomic E-state index is -0.502. The Bertz CT molecular complexity index is 1110. The van der Waals surface area contributed by atoms with Gasteiger partial charge in [0.2, 0.25) is 0 Å². The van der Waals surface area contributed by atoms with Gasteiger partial charge in [0.1, 0.15) is 12.4 Å². The lowest BCUT2D eigenvalue weighted by molar-refractivity contribution is 0.155. The van der Waals surface area contributed by atoms with Crippen LogP contribution in [0.2, 0.25) is 0 Å². The lowest BCUT2D eigenvalue weighted by Crippen LogP contribution is -2.30. The van der Waals surface area contributed by atoms with Crippen LogP contribution in [0.15, 0.2) is 77.8 Å². The second kappa shape index (κ2) is 8.03. The SMILES string of the molecule is COc1ccc(NC(=O)OCc2ccccc2)cc1[C@@]1(C)C(C)=Nc2ccccc21. The van der Waals surface area contributed by atoms with E-state index in [1.807, 2.05) is 73.7 Å². The van der Waals surface area contributed by atoms with Crippen molar-refractivity contribution in [2.24, 2.45) is 4.99 Å². The summed E-state index contributed by atoms with van der Waals surface area (Å²) in [6.07, 6.45) is -0.502. The van der Waals surface area contributed by atoms with Gasteiger partial charge in [0.05, 0.1) is 18.2 Å². The summed E-state index contributed by atoms with van der Waals surface area (Å²) in [7, 11) is 1.65. The van der Waals surface area contributed by atoms with Crippen LogP contribution in [-0.4, -0.2) is 18.9 Å². The topological polar surface area (TPSA) is 59.9 Å². The molecule has 0 spiro atoms. The molecule has 1 atom stereocenters. The average Bonchev–Trinajstić information content (AvgIpc) is 3.04. The van der Waals surface area contributed by atoms with E-state index in [9.17, 15) is 4.79 Å². The van der Waals surface area contributed by atoms with E-state index < -0.39 is 11.5 Å². The number of hydrogen-bond donors (Lipinski definition) is 1. The molecule has 0 saturated carbocycles. The second-order valence-electron chi connectivity index (χ2n) is 7.44. The molecule has 152 valence electrons. The minimum absolute atomic E-state index is 0.215. The number of carbonyl (C=O) groups excluding carboxylic acids is 1. The van der Waals surface area contributed by atoms with Gasteiger partial charge in [-0.25, -0.2) is 4.79 Å². The van der Waals surface area contributed by atoms with Crippen LogP contribution in [-0.2, 0) is 16.8 Å². The summed E-state index contributed by atoms with van der Waals surface area (Å²) >= 11 is 0. The van der Waals surface area contributed by atoms with E-state index in [-0.39, 0.29) is 6.61 Å². The fourth-order valence-electron chi connectivity index (χ4n) is 3.87. The van der Waals surface area contributed by atoms with Crippen molar-refractivity contribution >= 4 is 23.2 Å². The molecule has 0 unspecified atom stereocenters. The van der Waals surface area contributed by atoms with Crippen LogP contribution in [0.25, 0.3) is 0 Å². The maximum Gasteiger partial charge on any atom is 0.411 e. The first-order valence-electron chi connectivity index (χ1n) is 9.84. The van der Waals surface area contributed by atoms with E-state index in [4.69, 9.17) is 14.5 Å². The van der Waals surface area contributed by atoms with Crippen molar-refractivity contribution < 1.29 is 14.3 Å². The number of rotatable bonds is 5. The number of para-hydroxylation sites is 1. The highest BCUT2D eigenvalue weighted by molar-refractivity contribution is 6.03. The molecule has 0 fully saturated rings. The predicted octanol–water partition coefficient (Wildman–Crippen LogP) is 5.86. The largest absolute Gasteiger partial charge is 0.496 e. The summed E-state index contributed by atoms with van der Waals surface area (Å²) in [6, 6.07) is 23.3. The van der Waals surface area contributed by atoms with Crippen LogP contribution < -0.4 is 10.1 Å². The van der Waals surface area contributed by atoms with Gasteiger partial charge in [0, 0.05) is 17.0 Å². The average molecular weight is 400 g/mol. The van der Waals surface area contributed by atoms with Crippen molar-refractivity contribution in [3.05, 3.63) is 89.5 Å². The molecule has 4 rings (SSSR count). The third kappa shape index (κ3) is 3.54. The van der Waals surface area contributed by atoms with E-state index in [1.54, 1.807) is 7.11 Å². The van der Waals surface area contributed by atoms with Gasteiger partial charge < -0.3 is 9.47 Å². The highest BCUT2D eigenvalue weighted by Crippen LogP contribution is 2.47. The number of benzene rings is 3. The molecule has 1 aliphatic rings. The number of nitrogens with zero attached hydrogens (tertiary/aromatic N) is 1. The molecule has 3 aromatic carbocycles. The Morgan fingerprint density at radius 1 is 1.00 bits per heavy atom. The Kier molecular flexibility index (Phi) is 5.27. The maximum atomic E-state index is 12.3. The Morgan fingerprint density at radius 3 is 2.50 bits per heavy atom. The Labute approximate surface area is 176 Å². The molecule has 1 heterocycles. The molecule has 5 heteroatoms.